The Labute approximate surface area is 144 Å². The highest BCUT2D eigenvalue weighted by Gasteiger charge is 2.13. The normalized spacial score (nSPS) is 10.9. The third kappa shape index (κ3) is 3.51. The molecule has 2 aromatic carbocycles. The number of rotatable bonds is 5. The Hall–Kier alpha value is -2.53. The monoisotopic (exact) mass is 344 g/mol. The Morgan fingerprint density at radius 3 is 2.62 bits per heavy atom. The molecule has 6 heteroatoms. The Morgan fingerprint density at radius 1 is 1.17 bits per heavy atom. The number of aryl methyl sites for hydroxylation is 1. The van der Waals surface area contributed by atoms with E-state index in [0.29, 0.717) is 29.2 Å². The fourth-order valence-corrected chi connectivity index (χ4v) is 2.70. The smallest absolute Gasteiger partial charge is 0.408 e. The number of oxazole rings is 1. The van der Waals surface area contributed by atoms with Gasteiger partial charge in [-0.15, -0.1) is 0 Å². The van der Waals surface area contributed by atoms with E-state index in [1.807, 2.05) is 24.3 Å². The number of nitrogens with zero attached hydrogens (tertiary/aromatic N) is 2. The fraction of sp³-hybridized carbons (Fsp3) is 0.222. The Bertz CT molecular complexity index is 912. The van der Waals surface area contributed by atoms with Gasteiger partial charge in [0.1, 0.15) is 0 Å². The molecule has 5 nitrogen and oxygen atoms in total. The van der Waals surface area contributed by atoms with Gasteiger partial charge in [0.05, 0.1) is 5.52 Å². The lowest BCUT2D eigenvalue weighted by Crippen LogP contribution is -2.28. The highest BCUT2D eigenvalue weighted by Crippen LogP contribution is 2.13. The number of carbonyl (C=O) groups is 1. The average molecular weight is 345 g/mol. The summed E-state index contributed by atoms with van der Waals surface area (Å²) in [5.41, 5.74) is 2.24. The van der Waals surface area contributed by atoms with Gasteiger partial charge in [-0.3, -0.25) is 9.36 Å². The molecule has 0 spiro atoms. The summed E-state index contributed by atoms with van der Waals surface area (Å²) in [6, 6.07) is 14.6. The van der Waals surface area contributed by atoms with E-state index in [9.17, 15) is 9.59 Å². The third-order valence-electron chi connectivity index (χ3n) is 3.88. The number of halogens is 1. The highest BCUT2D eigenvalue weighted by atomic mass is 35.5. The van der Waals surface area contributed by atoms with E-state index < -0.39 is 5.76 Å². The van der Waals surface area contributed by atoms with Crippen molar-refractivity contribution in [3.8, 4) is 0 Å². The van der Waals surface area contributed by atoms with Gasteiger partial charge in [0.25, 0.3) is 0 Å². The molecule has 0 bridgehead atoms. The molecule has 0 N–H and O–H groups in total. The van der Waals surface area contributed by atoms with Crippen LogP contribution in [0.5, 0.6) is 0 Å². The summed E-state index contributed by atoms with van der Waals surface area (Å²) in [5, 5.41) is 0.666. The van der Waals surface area contributed by atoms with Crippen molar-refractivity contribution in [2.75, 3.05) is 7.05 Å². The van der Waals surface area contributed by atoms with E-state index in [-0.39, 0.29) is 12.3 Å². The number of benzene rings is 2. The molecule has 124 valence electrons. The molecule has 3 aromatic rings. The van der Waals surface area contributed by atoms with E-state index in [0.717, 1.165) is 5.56 Å². The number of hydrogen-bond donors (Lipinski definition) is 0. The van der Waals surface area contributed by atoms with Crippen LogP contribution in [-0.2, 0) is 17.9 Å². The van der Waals surface area contributed by atoms with Crippen LogP contribution in [0.25, 0.3) is 11.1 Å². The molecule has 0 saturated carbocycles. The summed E-state index contributed by atoms with van der Waals surface area (Å²) in [4.78, 5) is 25.8. The van der Waals surface area contributed by atoms with Crippen molar-refractivity contribution in [3.05, 3.63) is 69.7 Å². The standard InChI is InChI=1S/C18H17ClN2O3/c1-20(12-13-6-8-14(19)9-7-13)17(22)10-11-21-15-4-2-3-5-16(15)24-18(21)23/h2-9H,10-12H2,1H3. The second-order valence-electron chi connectivity index (χ2n) is 5.61. The van der Waals surface area contributed by atoms with E-state index in [1.54, 1.807) is 36.2 Å². The van der Waals surface area contributed by atoms with Crippen molar-refractivity contribution < 1.29 is 9.21 Å². The summed E-state index contributed by atoms with van der Waals surface area (Å²) in [7, 11) is 1.74. The minimum absolute atomic E-state index is 0.0397. The fourth-order valence-electron chi connectivity index (χ4n) is 2.58. The molecular weight excluding hydrogens is 328 g/mol. The largest absolute Gasteiger partial charge is 0.419 e. The van der Waals surface area contributed by atoms with Crippen LogP contribution in [0.2, 0.25) is 5.02 Å². The molecule has 0 fully saturated rings. The Balaban J connectivity index is 1.65. The summed E-state index contributed by atoms with van der Waals surface area (Å²) < 4.78 is 6.66. The first kappa shape index (κ1) is 16.3. The highest BCUT2D eigenvalue weighted by molar-refractivity contribution is 6.30. The van der Waals surface area contributed by atoms with Gasteiger partial charge in [0, 0.05) is 31.6 Å². The predicted octanol–water partition coefficient (Wildman–Crippen LogP) is 3.30. The summed E-state index contributed by atoms with van der Waals surface area (Å²) >= 11 is 5.86. The van der Waals surface area contributed by atoms with Crippen LogP contribution >= 0.6 is 11.6 Å². The van der Waals surface area contributed by atoms with Crippen molar-refractivity contribution >= 4 is 28.6 Å². The molecule has 0 unspecified atom stereocenters. The molecule has 3 rings (SSSR count). The van der Waals surface area contributed by atoms with E-state index >= 15 is 0 Å². The van der Waals surface area contributed by atoms with Crippen LogP contribution in [0, 0.1) is 0 Å². The first-order valence-corrected chi connectivity index (χ1v) is 7.99. The van der Waals surface area contributed by atoms with Crippen LogP contribution in [0.1, 0.15) is 12.0 Å². The number of amides is 1. The predicted molar refractivity (Wildman–Crippen MR) is 93.0 cm³/mol. The molecule has 0 saturated heterocycles. The first-order chi connectivity index (χ1) is 11.5. The number of para-hydroxylation sites is 2. The van der Waals surface area contributed by atoms with Crippen LogP contribution in [0.15, 0.2) is 57.7 Å². The van der Waals surface area contributed by atoms with Crippen LogP contribution in [0.4, 0.5) is 0 Å². The number of hydrogen-bond acceptors (Lipinski definition) is 3. The number of aromatic nitrogens is 1. The lowest BCUT2D eigenvalue weighted by Gasteiger charge is -2.17. The molecule has 0 atom stereocenters. The maximum atomic E-state index is 12.3. The first-order valence-electron chi connectivity index (χ1n) is 7.61. The molecule has 0 aliphatic heterocycles. The molecular formula is C18H17ClN2O3. The Kier molecular flexibility index (Phi) is 4.71. The molecule has 24 heavy (non-hydrogen) atoms. The third-order valence-corrected chi connectivity index (χ3v) is 4.13. The maximum absolute atomic E-state index is 12.3. The molecule has 0 aliphatic carbocycles. The zero-order valence-electron chi connectivity index (χ0n) is 13.2. The van der Waals surface area contributed by atoms with Gasteiger partial charge in [-0.1, -0.05) is 35.9 Å². The quantitative estimate of drug-likeness (QED) is 0.713. The second-order valence-corrected chi connectivity index (χ2v) is 6.05. The summed E-state index contributed by atoms with van der Waals surface area (Å²) in [6.07, 6.45) is 0.230. The van der Waals surface area contributed by atoms with Crippen molar-refractivity contribution in [1.82, 2.24) is 9.47 Å². The van der Waals surface area contributed by atoms with Gasteiger partial charge in [-0.25, -0.2) is 4.79 Å². The lowest BCUT2D eigenvalue weighted by atomic mass is 10.2. The average Bonchev–Trinajstić information content (AvgIpc) is 2.90. The second kappa shape index (κ2) is 6.93. The molecule has 0 aliphatic rings. The maximum Gasteiger partial charge on any atom is 0.419 e. The Morgan fingerprint density at radius 2 is 1.88 bits per heavy atom. The van der Waals surface area contributed by atoms with Gasteiger partial charge in [0.2, 0.25) is 5.91 Å². The van der Waals surface area contributed by atoms with Gasteiger partial charge in [-0.2, -0.15) is 0 Å². The number of carbonyl (C=O) groups excluding carboxylic acids is 1. The van der Waals surface area contributed by atoms with E-state index in [2.05, 4.69) is 0 Å². The van der Waals surface area contributed by atoms with Crippen molar-refractivity contribution in [3.63, 3.8) is 0 Å². The SMILES string of the molecule is CN(Cc1ccc(Cl)cc1)C(=O)CCn1c(=O)oc2ccccc21. The van der Waals surface area contributed by atoms with Crippen molar-refractivity contribution in [2.45, 2.75) is 19.5 Å². The molecule has 1 aromatic heterocycles. The van der Waals surface area contributed by atoms with Crippen LogP contribution in [-0.4, -0.2) is 22.4 Å². The molecule has 1 heterocycles. The van der Waals surface area contributed by atoms with Gasteiger partial charge in [0.15, 0.2) is 5.58 Å². The van der Waals surface area contributed by atoms with Gasteiger partial charge >= 0.3 is 5.76 Å². The van der Waals surface area contributed by atoms with Crippen LogP contribution in [0.3, 0.4) is 0 Å². The van der Waals surface area contributed by atoms with Crippen molar-refractivity contribution in [1.29, 1.82) is 0 Å². The van der Waals surface area contributed by atoms with Gasteiger partial charge in [-0.05, 0) is 29.8 Å². The van der Waals surface area contributed by atoms with Gasteiger partial charge < -0.3 is 9.32 Å². The molecule has 0 radical (unpaired) electrons. The van der Waals surface area contributed by atoms with Crippen molar-refractivity contribution in [2.24, 2.45) is 0 Å². The van der Waals surface area contributed by atoms with Crippen LogP contribution < -0.4 is 5.76 Å². The minimum atomic E-state index is -0.440. The number of fused-ring (bicyclic) bond motifs is 1. The minimum Gasteiger partial charge on any atom is -0.408 e. The summed E-state index contributed by atoms with van der Waals surface area (Å²) in [5.74, 6) is -0.480. The molecule has 1 amide bonds. The van der Waals surface area contributed by atoms with E-state index in [4.69, 9.17) is 16.0 Å². The lowest BCUT2D eigenvalue weighted by molar-refractivity contribution is -0.130. The van der Waals surface area contributed by atoms with E-state index in [1.165, 1.54) is 4.57 Å². The zero-order chi connectivity index (χ0) is 17.1. The zero-order valence-corrected chi connectivity index (χ0v) is 14.0. The summed E-state index contributed by atoms with van der Waals surface area (Å²) in [6.45, 7) is 0.788. The topological polar surface area (TPSA) is 55.5 Å².